The molecule has 0 saturated heterocycles. The van der Waals surface area contributed by atoms with Crippen molar-refractivity contribution < 1.29 is 4.74 Å². The van der Waals surface area contributed by atoms with Gasteiger partial charge in [0.05, 0.1) is 5.69 Å². The van der Waals surface area contributed by atoms with Gasteiger partial charge in [-0.05, 0) is 120 Å². The standard InChI is InChI=1S/C62H41NO/c1-3-14-42(15-4-1)44-28-30-45(31-29-44)47-34-38-52(39-35-47)63(51-36-32-46(33-37-51)43-16-5-2-6-17-43)58-26-13-27-59-62(58)56-25-12-24-55(54-23-11-21-48-18-9-10-22-53(48)54)61(56)57-40-49-19-7-8-20-50(49)41-60(57)64-59/h1-41H. The number of ether oxygens (including phenoxy) is 1. The number of anilines is 3. The largest absolute Gasteiger partial charge is 0.456 e. The summed E-state index contributed by atoms with van der Waals surface area (Å²) in [5.41, 5.74) is 17.0. The summed E-state index contributed by atoms with van der Waals surface area (Å²) in [6, 6.07) is 89.6. The van der Waals surface area contributed by atoms with E-state index in [-0.39, 0.29) is 0 Å². The number of hydrogen-bond acceptors (Lipinski definition) is 2. The van der Waals surface area contributed by atoms with Crippen molar-refractivity contribution in [3.05, 3.63) is 249 Å². The summed E-state index contributed by atoms with van der Waals surface area (Å²) in [6.45, 7) is 0. The maximum atomic E-state index is 7.20. The molecule has 0 atom stereocenters. The SMILES string of the molecule is c1ccc(-c2ccc(-c3ccc(N(c4ccc(-c5ccccc5)cc4)c4cccc5c4-c4cccc(-c6cccc7ccccc67)c4-c4cc6ccccc6cc4O5)cc3)cc2)cc1. The monoisotopic (exact) mass is 815 g/mol. The van der Waals surface area contributed by atoms with Crippen molar-refractivity contribution in [2.75, 3.05) is 4.90 Å². The van der Waals surface area contributed by atoms with Crippen molar-refractivity contribution in [2.24, 2.45) is 0 Å². The summed E-state index contributed by atoms with van der Waals surface area (Å²) in [5.74, 6) is 1.65. The van der Waals surface area contributed by atoms with E-state index in [9.17, 15) is 0 Å². The van der Waals surface area contributed by atoms with Crippen LogP contribution in [0.2, 0.25) is 0 Å². The van der Waals surface area contributed by atoms with E-state index in [0.717, 1.165) is 61.8 Å². The van der Waals surface area contributed by atoms with Crippen LogP contribution < -0.4 is 9.64 Å². The molecule has 12 rings (SSSR count). The van der Waals surface area contributed by atoms with E-state index in [4.69, 9.17) is 4.74 Å². The summed E-state index contributed by atoms with van der Waals surface area (Å²) in [6.07, 6.45) is 0. The van der Waals surface area contributed by atoms with Crippen molar-refractivity contribution >= 4 is 38.6 Å². The van der Waals surface area contributed by atoms with Crippen LogP contribution in [0.1, 0.15) is 0 Å². The van der Waals surface area contributed by atoms with E-state index in [1.165, 1.54) is 55.1 Å². The third kappa shape index (κ3) is 6.61. The van der Waals surface area contributed by atoms with Gasteiger partial charge in [-0.15, -0.1) is 0 Å². The minimum absolute atomic E-state index is 0.809. The molecule has 0 aromatic heterocycles. The van der Waals surface area contributed by atoms with E-state index in [1.54, 1.807) is 0 Å². The van der Waals surface area contributed by atoms with Crippen molar-refractivity contribution in [1.82, 2.24) is 0 Å². The van der Waals surface area contributed by atoms with Crippen molar-refractivity contribution in [2.45, 2.75) is 0 Å². The first-order valence-electron chi connectivity index (χ1n) is 21.9. The summed E-state index contributed by atoms with van der Waals surface area (Å²) in [4.78, 5) is 2.39. The summed E-state index contributed by atoms with van der Waals surface area (Å²) in [7, 11) is 0. The first-order chi connectivity index (χ1) is 31.7. The highest BCUT2D eigenvalue weighted by molar-refractivity contribution is 6.09. The van der Waals surface area contributed by atoms with Gasteiger partial charge >= 0.3 is 0 Å². The molecule has 2 heteroatoms. The molecular weight excluding hydrogens is 775 g/mol. The first-order valence-corrected chi connectivity index (χ1v) is 21.9. The molecule has 0 radical (unpaired) electrons. The fraction of sp³-hybridized carbons (Fsp3) is 0. The predicted octanol–water partition coefficient (Wildman–Crippen LogP) is 17.6. The van der Waals surface area contributed by atoms with Gasteiger partial charge in [0.15, 0.2) is 0 Å². The average molecular weight is 816 g/mol. The van der Waals surface area contributed by atoms with Crippen LogP contribution in [-0.4, -0.2) is 0 Å². The van der Waals surface area contributed by atoms with Crippen LogP contribution in [0, 0.1) is 0 Å². The maximum absolute atomic E-state index is 7.20. The Morgan fingerprint density at radius 1 is 0.266 bits per heavy atom. The lowest BCUT2D eigenvalue weighted by Crippen LogP contribution is -2.11. The molecule has 64 heavy (non-hydrogen) atoms. The second-order valence-corrected chi connectivity index (χ2v) is 16.4. The number of nitrogens with zero attached hydrogens (tertiary/aromatic N) is 1. The molecule has 11 aromatic rings. The molecule has 0 saturated carbocycles. The Hall–Kier alpha value is -8.46. The quantitative estimate of drug-likeness (QED) is 0.159. The van der Waals surface area contributed by atoms with Gasteiger partial charge in [0.1, 0.15) is 11.5 Å². The van der Waals surface area contributed by atoms with Crippen LogP contribution >= 0.6 is 0 Å². The van der Waals surface area contributed by atoms with E-state index in [1.807, 2.05) is 0 Å². The first kappa shape index (κ1) is 37.3. The van der Waals surface area contributed by atoms with Crippen molar-refractivity contribution in [1.29, 1.82) is 0 Å². The molecule has 0 fully saturated rings. The summed E-state index contributed by atoms with van der Waals surface area (Å²) >= 11 is 0. The molecule has 0 N–H and O–H groups in total. The number of benzene rings is 11. The Kier molecular flexibility index (Phi) is 9.20. The summed E-state index contributed by atoms with van der Waals surface area (Å²) < 4.78 is 7.20. The molecular formula is C62H41NO. The zero-order chi connectivity index (χ0) is 42.4. The molecule has 11 aromatic carbocycles. The molecule has 2 nitrogen and oxygen atoms in total. The van der Waals surface area contributed by atoms with Gasteiger partial charge in [-0.2, -0.15) is 0 Å². The Labute approximate surface area is 373 Å². The fourth-order valence-corrected chi connectivity index (χ4v) is 9.56. The smallest absolute Gasteiger partial charge is 0.137 e. The normalized spacial score (nSPS) is 11.6. The zero-order valence-electron chi connectivity index (χ0n) is 35.0. The van der Waals surface area contributed by atoms with Crippen LogP contribution in [-0.2, 0) is 0 Å². The Balaban J connectivity index is 1.06. The minimum Gasteiger partial charge on any atom is -0.456 e. The second kappa shape index (κ2) is 15.8. The molecule has 0 spiro atoms. The van der Waals surface area contributed by atoms with Gasteiger partial charge < -0.3 is 9.64 Å². The third-order valence-electron chi connectivity index (χ3n) is 12.7. The molecule has 0 amide bonds. The van der Waals surface area contributed by atoms with Crippen LogP contribution in [0.3, 0.4) is 0 Å². The lowest BCUT2D eigenvalue weighted by molar-refractivity contribution is 0.488. The van der Waals surface area contributed by atoms with Crippen molar-refractivity contribution in [3.63, 3.8) is 0 Å². The van der Waals surface area contributed by atoms with Gasteiger partial charge in [-0.3, -0.25) is 0 Å². The molecule has 300 valence electrons. The Bertz CT molecular complexity index is 3480. The van der Waals surface area contributed by atoms with Crippen LogP contribution in [0.4, 0.5) is 17.1 Å². The Morgan fingerprint density at radius 3 is 1.34 bits per heavy atom. The second-order valence-electron chi connectivity index (χ2n) is 16.4. The third-order valence-corrected chi connectivity index (χ3v) is 12.7. The molecule has 0 aliphatic carbocycles. The van der Waals surface area contributed by atoms with E-state index >= 15 is 0 Å². The Morgan fingerprint density at radius 2 is 0.719 bits per heavy atom. The molecule has 1 aliphatic rings. The van der Waals surface area contributed by atoms with Gasteiger partial charge in [-0.25, -0.2) is 0 Å². The minimum atomic E-state index is 0.809. The topological polar surface area (TPSA) is 12.5 Å². The number of fused-ring (bicyclic) bond motifs is 7. The highest BCUT2D eigenvalue weighted by Crippen LogP contribution is 2.56. The lowest BCUT2D eigenvalue weighted by atomic mass is 9.85. The molecule has 0 bridgehead atoms. The van der Waals surface area contributed by atoms with Crippen LogP contribution in [0.15, 0.2) is 249 Å². The van der Waals surface area contributed by atoms with Gasteiger partial charge in [-0.1, -0.05) is 200 Å². The van der Waals surface area contributed by atoms with Crippen molar-refractivity contribution in [3.8, 4) is 78.3 Å². The molecule has 1 heterocycles. The number of rotatable bonds is 7. The van der Waals surface area contributed by atoms with Gasteiger partial charge in [0.2, 0.25) is 0 Å². The average Bonchev–Trinajstić information content (AvgIpc) is 3.51. The molecule has 0 unspecified atom stereocenters. The fourth-order valence-electron chi connectivity index (χ4n) is 9.56. The van der Waals surface area contributed by atoms with E-state index in [0.29, 0.717) is 0 Å². The van der Waals surface area contributed by atoms with Crippen LogP contribution in [0.25, 0.3) is 88.3 Å². The van der Waals surface area contributed by atoms with E-state index in [2.05, 4.69) is 254 Å². The van der Waals surface area contributed by atoms with Gasteiger partial charge in [0, 0.05) is 28.1 Å². The predicted molar refractivity (Wildman–Crippen MR) is 269 cm³/mol. The highest BCUT2D eigenvalue weighted by atomic mass is 16.5. The van der Waals surface area contributed by atoms with Gasteiger partial charge in [0.25, 0.3) is 0 Å². The summed E-state index contributed by atoms with van der Waals surface area (Å²) in [5, 5.41) is 4.74. The zero-order valence-corrected chi connectivity index (χ0v) is 35.0. The number of hydrogen-bond donors (Lipinski definition) is 0. The highest BCUT2D eigenvalue weighted by Gasteiger charge is 2.29. The molecule has 1 aliphatic heterocycles. The van der Waals surface area contributed by atoms with E-state index < -0.39 is 0 Å². The maximum Gasteiger partial charge on any atom is 0.137 e. The van der Waals surface area contributed by atoms with Crippen LogP contribution in [0.5, 0.6) is 11.5 Å². The lowest BCUT2D eigenvalue weighted by Gasteiger charge is -2.29.